The molecule has 0 aliphatic carbocycles. The van der Waals surface area contributed by atoms with Crippen molar-refractivity contribution in [1.29, 1.82) is 0 Å². The van der Waals surface area contributed by atoms with Gasteiger partial charge in [-0.25, -0.2) is 0 Å². The van der Waals surface area contributed by atoms with Crippen LogP contribution in [0.1, 0.15) is 69.2 Å². The number of nitrogens with one attached hydrogen (secondary N) is 3. The summed E-state index contributed by atoms with van der Waals surface area (Å²) >= 11 is 5.27. The molecule has 2 aromatic rings. The number of amides is 2. The Labute approximate surface area is 196 Å². The Morgan fingerprint density at radius 2 is 1.53 bits per heavy atom. The first-order chi connectivity index (χ1) is 15.5. The first kappa shape index (κ1) is 25.3. The van der Waals surface area contributed by atoms with Crippen molar-refractivity contribution >= 4 is 40.5 Å². The normalized spacial score (nSPS) is 10.3. The van der Waals surface area contributed by atoms with Crippen molar-refractivity contribution in [3.05, 3.63) is 54.1 Å². The molecule has 0 saturated carbocycles. The van der Waals surface area contributed by atoms with Crippen molar-refractivity contribution < 1.29 is 14.3 Å². The summed E-state index contributed by atoms with van der Waals surface area (Å²) in [5.41, 5.74) is 1.85. The molecular formula is C25H33N3O3S. The van der Waals surface area contributed by atoms with Crippen LogP contribution in [0.15, 0.2) is 48.5 Å². The molecule has 172 valence electrons. The van der Waals surface area contributed by atoms with Crippen molar-refractivity contribution in [1.82, 2.24) is 5.32 Å². The minimum atomic E-state index is -0.305. The van der Waals surface area contributed by atoms with Crippen LogP contribution in [0.2, 0.25) is 0 Å². The van der Waals surface area contributed by atoms with Gasteiger partial charge in [0.1, 0.15) is 5.75 Å². The summed E-state index contributed by atoms with van der Waals surface area (Å²) in [4.78, 5) is 24.5. The van der Waals surface area contributed by atoms with Gasteiger partial charge in [-0.15, -0.1) is 0 Å². The number of benzene rings is 2. The maximum absolute atomic E-state index is 12.5. The van der Waals surface area contributed by atoms with Crippen LogP contribution in [0.25, 0.3) is 0 Å². The van der Waals surface area contributed by atoms with Gasteiger partial charge in [-0.2, -0.15) is 0 Å². The third kappa shape index (κ3) is 9.47. The van der Waals surface area contributed by atoms with Crippen molar-refractivity contribution in [3.8, 4) is 5.75 Å². The SMILES string of the molecule is CCCCCOc1ccc(C(=O)NC(=S)Nc2cccc(NC(=O)CCCCC)c2)cc1. The molecule has 0 aliphatic rings. The number of thiocarbonyl (C=S) groups is 1. The van der Waals surface area contributed by atoms with Gasteiger partial charge in [0.05, 0.1) is 6.61 Å². The van der Waals surface area contributed by atoms with Crippen molar-refractivity contribution in [2.24, 2.45) is 0 Å². The highest BCUT2D eigenvalue weighted by Gasteiger charge is 2.09. The van der Waals surface area contributed by atoms with E-state index in [1.165, 1.54) is 0 Å². The van der Waals surface area contributed by atoms with Gasteiger partial charge in [0.15, 0.2) is 5.11 Å². The predicted octanol–water partition coefficient (Wildman–Crippen LogP) is 5.90. The van der Waals surface area contributed by atoms with Crippen LogP contribution in [0.3, 0.4) is 0 Å². The van der Waals surface area contributed by atoms with Crippen LogP contribution >= 0.6 is 12.2 Å². The Balaban J connectivity index is 1.82. The molecular weight excluding hydrogens is 422 g/mol. The second-order valence-corrected chi connectivity index (χ2v) is 7.98. The molecule has 0 heterocycles. The highest BCUT2D eigenvalue weighted by molar-refractivity contribution is 7.80. The van der Waals surface area contributed by atoms with Gasteiger partial charge in [-0.05, 0) is 67.5 Å². The predicted molar refractivity (Wildman–Crippen MR) is 134 cm³/mol. The number of hydrogen-bond acceptors (Lipinski definition) is 4. The molecule has 0 aromatic heterocycles. The molecule has 0 aliphatic heterocycles. The summed E-state index contributed by atoms with van der Waals surface area (Å²) in [5, 5.41) is 8.72. The lowest BCUT2D eigenvalue weighted by Crippen LogP contribution is -2.34. The highest BCUT2D eigenvalue weighted by Crippen LogP contribution is 2.16. The summed E-state index contributed by atoms with van der Waals surface area (Å²) in [7, 11) is 0. The van der Waals surface area contributed by atoms with E-state index in [1.54, 1.807) is 30.3 Å². The third-order valence-electron chi connectivity index (χ3n) is 4.77. The molecule has 32 heavy (non-hydrogen) atoms. The summed E-state index contributed by atoms with van der Waals surface area (Å²) in [6, 6.07) is 14.2. The largest absolute Gasteiger partial charge is 0.494 e. The zero-order chi connectivity index (χ0) is 23.2. The Morgan fingerprint density at radius 3 is 2.22 bits per heavy atom. The minimum Gasteiger partial charge on any atom is -0.494 e. The van der Waals surface area contributed by atoms with E-state index in [2.05, 4.69) is 29.8 Å². The fraction of sp³-hybridized carbons (Fsp3) is 0.400. The van der Waals surface area contributed by atoms with Gasteiger partial charge in [0, 0.05) is 23.4 Å². The second kappa shape index (κ2) is 14.2. The van der Waals surface area contributed by atoms with Gasteiger partial charge >= 0.3 is 0 Å². The van der Waals surface area contributed by atoms with Crippen molar-refractivity contribution in [3.63, 3.8) is 0 Å². The lowest BCUT2D eigenvalue weighted by molar-refractivity contribution is -0.116. The van der Waals surface area contributed by atoms with Crippen LogP contribution in [0.5, 0.6) is 5.75 Å². The van der Waals surface area contributed by atoms with Crippen LogP contribution in [0, 0.1) is 0 Å². The van der Waals surface area contributed by atoms with Crippen LogP contribution < -0.4 is 20.7 Å². The van der Waals surface area contributed by atoms with E-state index in [9.17, 15) is 9.59 Å². The fourth-order valence-electron chi connectivity index (χ4n) is 3.02. The average Bonchev–Trinajstić information content (AvgIpc) is 2.77. The van der Waals surface area contributed by atoms with Gasteiger partial charge in [0.25, 0.3) is 5.91 Å². The molecule has 0 bridgehead atoms. The zero-order valence-electron chi connectivity index (χ0n) is 18.9. The van der Waals surface area contributed by atoms with Crippen LogP contribution in [-0.4, -0.2) is 23.5 Å². The minimum absolute atomic E-state index is 0.00994. The third-order valence-corrected chi connectivity index (χ3v) is 4.98. The molecule has 0 radical (unpaired) electrons. The maximum Gasteiger partial charge on any atom is 0.257 e. The molecule has 0 saturated heterocycles. The number of carbonyl (C=O) groups excluding carboxylic acids is 2. The van der Waals surface area contributed by atoms with Gasteiger partial charge in [-0.3, -0.25) is 14.9 Å². The number of hydrogen-bond donors (Lipinski definition) is 3. The number of rotatable bonds is 12. The molecule has 2 amide bonds. The molecule has 2 rings (SSSR count). The Morgan fingerprint density at radius 1 is 0.875 bits per heavy atom. The molecule has 0 spiro atoms. The van der Waals surface area contributed by atoms with E-state index >= 15 is 0 Å². The summed E-state index contributed by atoms with van der Waals surface area (Å²) < 4.78 is 5.67. The van der Waals surface area contributed by atoms with Gasteiger partial charge < -0.3 is 15.4 Å². The topological polar surface area (TPSA) is 79.5 Å². The standard InChI is InChI=1S/C25H33N3O3S/c1-3-5-7-12-23(29)26-20-10-9-11-21(18-20)27-25(32)28-24(30)19-13-15-22(16-14-19)31-17-8-6-4-2/h9-11,13-16,18H,3-8,12,17H2,1-2H3,(H,26,29)(H2,27,28,30,32). The monoisotopic (exact) mass is 455 g/mol. The smallest absolute Gasteiger partial charge is 0.257 e. The molecule has 0 fully saturated rings. The first-order valence-electron chi connectivity index (χ1n) is 11.3. The zero-order valence-corrected chi connectivity index (χ0v) is 19.7. The second-order valence-electron chi connectivity index (χ2n) is 7.57. The first-order valence-corrected chi connectivity index (χ1v) is 11.7. The summed E-state index contributed by atoms with van der Waals surface area (Å²) in [6.45, 7) is 4.93. The van der Waals surface area contributed by atoms with Gasteiger partial charge in [0.2, 0.25) is 5.91 Å². The Kier molecular flexibility index (Phi) is 11.2. The maximum atomic E-state index is 12.5. The molecule has 6 nitrogen and oxygen atoms in total. The van der Waals surface area contributed by atoms with E-state index in [4.69, 9.17) is 17.0 Å². The average molecular weight is 456 g/mol. The van der Waals surface area contributed by atoms with Crippen LogP contribution in [0.4, 0.5) is 11.4 Å². The van der Waals surface area contributed by atoms with Gasteiger partial charge in [-0.1, -0.05) is 45.6 Å². The number of ether oxygens (including phenoxy) is 1. The van der Waals surface area contributed by atoms with E-state index in [0.29, 0.717) is 30.0 Å². The quantitative estimate of drug-likeness (QED) is 0.274. The van der Waals surface area contributed by atoms with E-state index < -0.39 is 0 Å². The van der Waals surface area contributed by atoms with Crippen LogP contribution in [-0.2, 0) is 4.79 Å². The molecule has 2 aromatic carbocycles. The summed E-state index contributed by atoms with van der Waals surface area (Å²) in [5.74, 6) is 0.427. The van der Waals surface area contributed by atoms with E-state index in [0.717, 1.165) is 44.3 Å². The lowest BCUT2D eigenvalue weighted by atomic mass is 10.2. The van der Waals surface area contributed by atoms with Crippen molar-refractivity contribution in [2.75, 3.05) is 17.2 Å². The number of carbonyl (C=O) groups is 2. The summed E-state index contributed by atoms with van der Waals surface area (Å²) in [6.07, 6.45) is 6.80. The lowest BCUT2D eigenvalue weighted by Gasteiger charge is -2.12. The molecule has 7 heteroatoms. The number of anilines is 2. The van der Waals surface area contributed by atoms with E-state index in [-0.39, 0.29) is 16.9 Å². The number of unbranched alkanes of at least 4 members (excludes halogenated alkanes) is 4. The highest BCUT2D eigenvalue weighted by atomic mass is 32.1. The fourth-order valence-corrected chi connectivity index (χ4v) is 3.23. The van der Waals surface area contributed by atoms with E-state index in [1.807, 2.05) is 18.2 Å². The molecule has 0 unspecified atom stereocenters. The Hall–Kier alpha value is -2.93. The molecule has 0 atom stereocenters. The molecule has 3 N–H and O–H groups in total. The Bertz CT molecular complexity index is 884. The van der Waals surface area contributed by atoms with Crippen molar-refractivity contribution in [2.45, 2.75) is 58.8 Å².